The first-order valence-corrected chi connectivity index (χ1v) is 10.4. The van der Waals surface area contributed by atoms with Crippen LogP contribution < -0.4 is 5.32 Å². The summed E-state index contributed by atoms with van der Waals surface area (Å²) in [5.41, 5.74) is -0.150. The van der Waals surface area contributed by atoms with Gasteiger partial charge >= 0.3 is 0 Å². The number of amides is 2. The summed E-state index contributed by atoms with van der Waals surface area (Å²) < 4.78 is 27.0. The number of carbonyl (C=O) groups excluding carboxylic acids is 2. The molecule has 0 saturated carbocycles. The molecule has 1 aromatic carbocycles. The second-order valence-electron chi connectivity index (χ2n) is 7.90. The molecule has 2 aliphatic heterocycles. The predicted octanol–water partition coefficient (Wildman–Crippen LogP) is 2.31. The summed E-state index contributed by atoms with van der Waals surface area (Å²) >= 11 is 0. The summed E-state index contributed by atoms with van der Waals surface area (Å²) in [6, 6.07) is 2.52. The van der Waals surface area contributed by atoms with E-state index in [4.69, 9.17) is 0 Å². The molecule has 0 aromatic heterocycles. The molecule has 6 nitrogen and oxygen atoms in total. The van der Waals surface area contributed by atoms with Crippen LogP contribution in [-0.2, 0) is 9.59 Å². The maximum Gasteiger partial charge on any atom is 0.241 e. The Bertz CT molecular complexity index is 715. The third-order valence-corrected chi connectivity index (χ3v) is 5.84. The van der Waals surface area contributed by atoms with Crippen molar-refractivity contribution in [2.45, 2.75) is 38.6 Å². The molecule has 1 atom stereocenters. The molecule has 0 spiro atoms. The Balaban J connectivity index is 1.46. The van der Waals surface area contributed by atoms with Gasteiger partial charge in [-0.15, -0.1) is 0 Å². The first-order valence-electron chi connectivity index (χ1n) is 10.4. The normalized spacial score (nSPS) is 20.2. The van der Waals surface area contributed by atoms with Crippen molar-refractivity contribution in [2.75, 3.05) is 51.1 Å². The molecule has 0 aliphatic carbocycles. The molecule has 29 heavy (non-hydrogen) atoms. The van der Waals surface area contributed by atoms with Crippen LogP contribution in [0.25, 0.3) is 0 Å². The molecule has 0 radical (unpaired) electrons. The van der Waals surface area contributed by atoms with Gasteiger partial charge in [0.05, 0.1) is 18.3 Å². The van der Waals surface area contributed by atoms with Crippen LogP contribution in [-0.4, -0.2) is 78.4 Å². The lowest BCUT2D eigenvalue weighted by atomic mass is 10.2. The zero-order chi connectivity index (χ0) is 20.8. The smallest absolute Gasteiger partial charge is 0.241 e. The van der Waals surface area contributed by atoms with Crippen molar-refractivity contribution in [1.29, 1.82) is 0 Å². The van der Waals surface area contributed by atoms with E-state index in [1.165, 1.54) is 12.8 Å². The van der Waals surface area contributed by atoms with Gasteiger partial charge in [-0.1, -0.05) is 12.8 Å². The molecule has 160 valence electrons. The SMILES string of the molecule is C[C@H](C(=O)Nc1cc(F)ccc1F)N1CCN(CC(=O)N2CCCCCC2)CC1. The summed E-state index contributed by atoms with van der Waals surface area (Å²) in [4.78, 5) is 31.1. The minimum atomic E-state index is -0.663. The Morgan fingerprint density at radius 2 is 1.66 bits per heavy atom. The molecule has 2 heterocycles. The number of rotatable bonds is 5. The fourth-order valence-corrected chi connectivity index (χ4v) is 3.92. The zero-order valence-corrected chi connectivity index (χ0v) is 17.0. The van der Waals surface area contributed by atoms with E-state index in [1.54, 1.807) is 6.92 Å². The lowest BCUT2D eigenvalue weighted by Crippen LogP contribution is -2.54. The fraction of sp³-hybridized carbons (Fsp3) is 0.619. The first kappa shape index (κ1) is 21.6. The molecule has 2 fully saturated rings. The maximum atomic E-state index is 13.7. The molecule has 0 bridgehead atoms. The number of anilines is 1. The molecule has 0 unspecified atom stereocenters. The number of likely N-dealkylation sites (tertiary alicyclic amines) is 1. The van der Waals surface area contributed by atoms with E-state index >= 15 is 0 Å². The number of benzene rings is 1. The number of nitrogens with zero attached hydrogens (tertiary/aromatic N) is 3. The standard InChI is InChI=1S/C21H30F2N4O2/c1-16(21(29)24-19-14-17(22)6-7-18(19)23)26-12-10-25(11-13-26)15-20(28)27-8-4-2-3-5-9-27/h6-7,14,16H,2-5,8-13,15H2,1H3,(H,24,29)/t16-/m1/s1. The van der Waals surface area contributed by atoms with Gasteiger partial charge in [0.15, 0.2) is 0 Å². The van der Waals surface area contributed by atoms with Crippen molar-refractivity contribution in [3.8, 4) is 0 Å². The monoisotopic (exact) mass is 408 g/mol. The minimum Gasteiger partial charge on any atom is -0.342 e. The van der Waals surface area contributed by atoms with Gasteiger partial charge in [0.1, 0.15) is 11.6 Å². The van der Waals surface area contributed by atoms with Crippen LogP contribution in [0.4, 0.5) is 14.5 Å². The molecular weight excluding hydrogens is 378 g/mol. The lowest BCUT2D eigenvalue weighted by Gasteiger charge is -2.37. The second kappa shape index (κ2) is 10.1. The van der Waals surface area contributed by atoms with Crippen LogP contribution in [0.5, 0.6) is 0 Å². The lowest BCUT2D eigenvalue weighted by molar-refractivity contribution is -0.133. The highest BCUT2D eigenvalue weighted by molar-refractivity contribution is 5.94. The molecular formula is C21H30F2N4O2. The average Bonchev–Trinajstić information content (AvgIpc) is 3.00. The van der Waals surface area contributed by atoms with Crippen LogP contribution >= 0.6 is 0 Å². The van der Waals surface area contributed by atoms with Crippen molar-refractivity contribution in [1.82, 2.24) is 14.7 Å². The highest BCUT2D eigenvalue weighted by Gasteiger charge is 2.27. The van der Waals surface area contributed by atoms with Crippen LogP contribution in [0, 0.1) is 11.6 Å². The highest BCUT2D eigenvalue weighted by Crippen LogP contribution is 2.17. The van der Waals surface area contributed by atoms with Crippen molar-refractivity contribution < 1.29 is 18.4 Å². The molecule has 2 amide bonds. The number of nitrogens with one attached hydrogen (secondary N) is 1. The second-order valence-corrected chi connectivity index (χ2v) is 7.90. The molecule has 2 aliphatic rings. The van der Waals surface area contributed by atoms with E-state index in [2.05, 4.69) is 10.2 Å². The summed E-state index contributed by atoms with van der Waals surface area (Å²) in [6.07, 6.45) is 4.56. The van der Waals surface area contributed by atoms with Gasteiger partial charge in [-0.25, -0.2) is 8.78 Å². The molecule has 3 rings (SSSR count). The summed E-state index contributed by atoms with van der Waals surface area (Å²) in [6.45, 7) is 6.57. The molecule has 2 saturated heterocycles. The predicted molar refractivity (Wildman–Crippen MR) is 108 cm³/mol. The Labute approximate surface area is 170 Å². The van der Waals surface area contributed by atoms with Gasteiger partial charge in [0.2, 0.25) is 11.8 Å². The van der Waals surface area contributed by atoms with E-state index in [0.29, 0.717) is 32.7 Å². The number of hydrogen-bond acceptors (Lipinski definition) is 4. The molecule has 8 heteroatoms. The molecule has 1 aromatic rings. The van der Waals surface area contributed by atoms with Crippen molar-refractivity contribution >= 4 is 17.5 Å². The quantitative estimate of drug-likeness (QED) is 0.813. The minimum absolute atomic E-state index is 0.150. The Hall–Kier alpha value is -2.06. The van der Waals surface area contributed by atoms with Gasteiger partial charge in [0.25, 0.3) is 0 Å². The first-order chi connectivity index (χ1) is 13.9. The molecule has 1 N–H and O–H groups in total. The van der Waals surface area contributed by atoms with Crippen molar-refractivity contribution in [2.24, 2.45) is 0 Å². The zero-order valence-electron chi connectivity index (χ0n) is 17.0. The van der Waals surface area contributed by atoms with Crippen LogP contribution in [0.15, 0.2) is 18.2 Å². The third-order valence-electron chi connectivity index (χ3n) is 5.84. The van der Waals surface area contributed by atoms with Gasteiger partial charge in [0, 0.05) is 45.3 Å². The fourth-order valence-electron chi connectivity index (χ4n) is 3.92. The maximum absolute atomic E-state index is 13.7. The van der Waals surface area contributed by atoms with Crippen LogP contribution in [0.3, 0.4) is 0 Å². The van der Waals surface area contributed by atoms with E-state index < -0.39 is 17.7 Å². The van der Waals surface area contributed by atoms with Crippen LogP contribution in [0.2, 0.25) is 0 Å². The van der Waals surface area contributed by atoms with E-state index in [9.17, 15) is 18.4 Å². The van der Waals surface area contributed by atoms with Gasteiger partial charge in [-0.2, -0.15) is 0 Å². The van der Waals surface area contributed by atoms with Crippen LogP contribution in [0.1, 0.15) is 32.6 Å². The topological polar surface area (TPSA) is 55.9 Å². The van der Waals surface area contributed by atoms with E-state index in [0.717, 1.165) is 44.1 Å². The highest BCUT2D eigenvalue weighted by atomic mass is 19.1. The van der Waals surface area contributed by atoms with E-state index in [1.807, 2.05) is 9.80 Å². The summed E-state index contributed by atoms with van der Waals surface area (Å²) in [5, 5.41) is 2.47. The van der Waals surface area contributed by atoms with Crippen molar-refractivity contribution in [3.63, 3.8) is 0 Å². The third kappa shape index (κ3) is 5.96. The summed E-state index contributed by atoms with van der Waals surface area (Å²) in [5.74, 6) is -1.45. The number of piperazine rings is 1. The van der Waals surface area contributed by atoms with Gasteiger partial charge in [-0.05, 0) is 31.9 Å². The Kier molecular flexibility index (Phi) is 7.55. The Morgan fingerprint density at radius 1 is 1.00 bits per heavy atom. The number of hydrogen-bond donors (Lipinski definition) is 1. The Morgan fingerprint density at radius 3 is 2.31 bits per heavy atom. The summed E-state index contributed by atoms with van der Waals surface area (Å²) in [7, 11) is 0. The van der Waals surface area contributed by atoms with Gasteiger partial charge < -0.3 is 10.2 Å². The number of halogens is 2. The van der Waals surface area contributed by atoms with Crippen molar-refractivity contribution in [3.05, 3.63) is 29.8 Å². The largest absolute Gasteiger partial charge is 0.342 e. The van der Waals surface area contributed by atoms with Gasteiger partial charge in [-0.3, -0.25) is 19.4 Å². The number of carbonyl (C=O) groups is 2. The average molecular weight is 408 g/mol. The van der Waals surface area contributed by atoms with E-state index in [-0.39, 0.29) is 17.5 Å².